The Labute approximate surface area is 186 Å². The number of ketones is 1. The third-order valence-corrected chi connectivity index (χ3v) is 5.77. The maximum Gasteiger partial charge on any atom is 0.295 e. The highest BCUT2D eigenvalue weighted by Gasteiger charge is 2.45. The van der Waals surface area contributed by atoms with Gasteiger partial charge in [0.15, 0.2) is 0 Å². The molecule has 1 aliphatic heterocycles. The first-order chi connectivity index (χ1) is 15.4. The molecule has 0 unspecified atom stereocenters. The van der Waals surface area contributed by atoms with Crippen molar-refractivity contribution in [1.29, 1.82) is 0 Å². The Balaban J connectivity index is 2.02. The number of Topliss-reactive ketones (excluding diaryl/α,β-unsaturated/α-hetero) is 1. The predicted molar refractivity (Wildman–Crippen MR) is 121 cm³/mol. The molecule has 1 atom stereocenters. The van der Waals surface area contributed by atoms with E-state index in [1.54, 1.807) is 30.3 Å². The summed E-state index contributed by atoms with van der Waals surface area (Å²) in [4.78, 5) is 40.1. The van der Waals surface area contributed by atoms with Crippen molar-refractivity contribution < 1.29 is 19.6 Å². The van der Waals surface area contributed by atoms with Crippen molar-refractivity contribution in [2.24, 2.45) is 0 Å². The molecule has 0 radical (unpaired) electrons. The third-order valence-electron chi connectivity index (χ3n) is 5.77. The Morgan fingerprint density at radius 3 is 2.25 bits per heavy atom. The molecule has 32 heavy (non-hydrogen) atoms. The number of likely N-dealkylation sites (tertiary alicyclic amines) is 1. The van der Waals surface area contributed by atoms with E-state index in [1.165, 1.54) is 29.2 Å². The SMILES string of the molecule is CCN(CC)CCCN1C(=O)C(=O)C(=C(O)c2ccccc2)[C@H]1c1ccc([N+](=O)[O-])cc1. The van der Waals surface area contributed by atoms with Crippen LogP contribution in [0.2, 0.25) is 0 Å². The first kappa shape index (κ1) is 23.1. The van der Waals surface area contributed by atoms with Crippen molar-refractivity contribution >= 4 is 23.1 Å². The lowest BCUT2D eigenvalue weighted by Crippen LogP contribution is -2.33. The zero-order chi connectivity index (χ0) is 23.3. The molecule has 1 saturated heterocycles. The number of carbonyl (C=O) groups is 2. The Hall–Kier alpha value is -3.52. The molecule has 8 heteroatoms. The van der Waals surface area contributed by atoms with Gasteiger partial charge < -0.3 is 14.9 Å². The van der Waals surface area contributed by atoms with Crippen molar-refractivity contribution in [3.05, 3.63) is 81.4 Å². The fraction of sp³-hybridized carbons (Fsp3) is 0.333. The number of benzene rings is 2. The molecule has 0 spiro atoms. The molecule has 0 saturated carbocycles. The van der Waals surface area contributed by atoms with E-state index in [-0.39, 0.29) is 17.0 Å². The van der Waals surface area contributed by atoms with Crippen LogP contribution in [0.4, 0.5) is 5.69 Å². The Morgan fingerprint density at radius 1 is 1.06 bits per heavy atom. The fourth-order valence-electron chi connectivity index (χ4n) is 3.99. The summed E-state index contributed by atoms with van der Waals surface area (Å²) in [5, 5.41) is 22.0. The van der Waals surface area contributed by atoms with Crippen molar-refractivity contribution in [3.63, 3.8) is 0 Å². The van der Waals surface area contributed by atoms with E-state index in [1.807, 2.05) is 0 Å². The highest BCUT2D eigenvalue weighted by molar-refractivity contribution is 6.46. The number of non-ortho nitro benzene ring substituents is 1. The monoisotopic (exact) mass is 437 g/mol. The van der Waals surface area contributed by atoms with Gasteiger partial charge >= 0.3 is 0 Å². The van der Waals surface area contributed by atoms with Crippen molar-refractivity contribution in [1.82, 2.24) is 9.80 Å². The largest absolute Gasteiger partial charge is 0.507 e. The van der Waals surface area contributed by atoms with Crippen molar-refractivity contribution in [2.45, 2.75) is 26.3 Å². The van der Waals surface area contributed by atoms with E-state index in [0.29, 0.717) is 24.1 Å². The average molecular weight is 437 g/mol. The standard InChI is InChI=1S/C24H27N3O5/c1-3-25(4-2)15-8-16-26-21(17-11-13-19(14-12-17)27(31)32)20(23(29)24(26)30)22(28)18-9-6-5-7-10-18/h5-7,9-14,21,28H,3-4,8,15-16H2,1-2H3/t21-/m1/s1. The lowest BCUT2D eigenvalue weighted by molar-refractivity contribution is -0.384. The molecule has 0 aliphatic carbocycles. The number of carbonyl (C=O) groups excluding carboxylic acids is 2. The number of aliphatic hydroxyl groups excluding tert-OH is 1. The summed E-state index contributed by atoms with van der Waals surface area (Å²) in [7, 11) is 0. The van der Waals surface area contributed by atoms with Crippen molar-refractivity contribution in [3.8, 4) is 0 Å². The quantitative estimate of drug-likeness (QED) is 0.211. The predicted octanol–water partition coefficient (Wildman–Crippen LogP) is 3.75. The number of hydrogen-bond donors (Lipinski definition) is 1. The molecule has 1 fully saturated rings. The van der Waals surface area contributed by atoms with E-state index in [2.05, 4.69) is 18.7 Å². The third kappa shape index (κ3) is 4.70. The number of rotatable bonds is 9. The second kappa shape index (κ2) is 10.2. The second-order valence-electron chi connectivity index (χ2n) is 7.59. The van der Waals surface area contributed by atoms with Crippen LogP contribution in [0, 0.1) is 10.1 Å². The number of nitrogens with zero attached hydrogens (tertiary/aromatic N) is 3. The zero-order valence-corrected chi connectivity index (χ0v) is 18.2. The number of amides is 1. The summed E-state index contributed by atoms with van der Waals surface area (Å²) >= 11 is 0. The van der Waals surface area contributed by atoms with Gasteiger partial charge in [-0.25, -0.2) is 0 Å². The molecule has 1 N–H and O–H groups in total. The van der Waals surface area contributed by atoms with Crippen LogP contribution < -0.4 is 0 Å². The molecule has 2 aromatic rings. The summed E-state index contributed by atoms with van der Waals surface area (Å²) in [5.41, 5.74) is 0.879. The highest BCUT2D eigenvalue weighted by Crippen LogP contribution is 2.39. The van der Waals surface area contributed by atoms with Gasteiger partial charge in [-0.2, -0.15) is 0 Å². The van der Waals surface area contributed by atoms with Gasteiger partial charge in [-0.1, -0.05) is 44.2 Å². The zero-order valence-electron chi connectivity index (χ0n) is 18.2. The van der Waals surface area contributed by atoms with Crippen LogP contribution in [-0.4, -0.2) is 57.7 Å². The molecule has 0 aromatic heterocycles. The molecule has 1 amide bonds. The van der Waals surface area contributed by atoms with Gasteiger partial charge in [0.1, 0.15) is 5.76 Å². The molecular weight excluding hydrogens is 410 g/mol. The van der Waals surface area contributed by atoms with Crippen LogP contribution in [0.15, 0.2) is 60.2 Å². The van der Waals surface area contributed by atoms with Crippen LogP contribution >= 0.6 is 0 Å². The van der Waals surface area contributed by atoms with Crippen LogP contribution in [0.3, 0.4) is 0 Å². The van der Waals surface area contributed by atoms with E-state index >= 15 is 0 Å². The molecular formula is C24H27N3O5. The van der Waals surface area contributed by atoms with Gasteiger partial charge in [-0.3, -0.25) is 19.7 Å². The summed E-state index contributed by atoms with van der Waals surface area (Å²) < 4.78 is 0. The topological polar surface area (TPSA) is 104 Å². The maximum absolute atomic E-state index is 13.0. The van der Waals surface area contributed by atoms with E-state index in [4.69, 9.17) is 0 Å². The highest BCUT2D eigenvalue weighted by atomic mass is 16.6. The van der Waals surface area contributed by atoms with Gasteiger partial charge in [0.2, 0.25) is 0 Å². The minimum atomic E-state index is -0.812. The van der Waals surface area contributed by atoms with Gasteiger partial charge in [-0.05, 0) is 43.8 Å². The number of aliphatic hydroxyl groups is 1. The smallest absolute Gasteiger partial charge is 0.295 e. The van der Waals surface area contributed by atoms with Gasteiger partial charge in [0.05, 0.1) is 16.5 Å². The number of nitro benzene ring substituents is 1. The van der Waals surface area contributed by atoms with Crippen LogP contribution in [0.25, 0.3) is 5.76 Å². The minimum Gasteiger partial charge on any atom is -0.507 e. The number of nitro groups is 1. The minimum absolute atomic E-state index is 0.00195. The van der Waals surface area contributed by atoms with Crippen LogP contribution in [-0.2, 0) is 9.59 Å². The Kier molecular flexibility index (Phi) is 7.37. The maximum atomic E-state index is 13.0. The molecule has 3 rings (SSSR count). The molecule has 0 bridgehead atoms. The first-order valence-corrected chi connectivity index (χ1v) is 10.7. The average Bonchev–Trinajstić information content (AvgIpc) is 3.07. The summed E-state index contributed by atoms with van der Waals surface area (Å²) in [6.07, 6.45) is 0.656. The fourth-order valence-corrected chi connectivity index (χ4v) is 3.99. The Bertz CT molecular complexity index is 1010. The van der Waals surface area contributed by atoms with Gasteiger partial charge in [-0.15, -0.1) is 0 Å². The normalized spacial score (nSPS) is 17.8. The Morgan fingerprint density at radius 2 is 1.69 bits per heavy atom. The molecule has 8 nitrogen and oxygen atoms in total. The molecule has 1 heterocycles. The van der Waals surface area contributed by atoms with Gasteiger partial charge in [0.25, 0.3) is 17.4 Å². The number of hydrogen-bond acceptors (Lipinski definition) is 6. The lowest BCUT2D eigenvalue weighted by Gasteiger charge is -2.26. The first-order valence-electron chi connectivity index (χ1n) is 10.7. The lowest BCUT2D eigenvalue weighted by atomic mass is 9.95. The summed E-state index contributed by atoms with van der Waals surface area (Å²) in [6.45, 7) is 6.99. The van der Waals surface area contributed by atoms with E-state index < -0.39 is 22.7 Å². The van der Waals surface area contributed by atoms with Crippen molar-refractivity contribution in [2.75, 3.05) is 26.2 Å². The summed E-state index contributed by atoms with van der Waals surface area (Å²) in [5.74, 6) is -1.68. The van der Waals surface area contributed by atoms with Crippen LogP contribution in [0.5, 0.6) is 0 Å². The molecule has 1 aliphatic rings. The van der Waals surface area contributed by atoms with Crippen LogP contribution in [0.1, 0.15) is 37.4 Å². The van der Waals surface area contributed by atoms with Gasteiger partial charge in [0, 0.05) is 24.2 Å². The van der Waals surface area contributed by atoms with E-state index in [9.17, 15) is 24.8 Å². The second-order valence-corrected chi connectivity index (χ2v) is 7.59. The summed E-state index contributed by atoms with van der Waals surface area (Å²) in [6, 6.07) is 13.5. The van der Waals surface area contributed by atoms with E-state index in [0.717, 1.165) is 19.6 Å². The molecule has 2 aromatic carbocycles. The molecule has 168 valence electrons.